The topological polar surface area (TPSA) is 98.5 Å². The number of pyridine rings is 2. The second-order valence-electron chi connectivity index (χ2n) is 5.95. The molecule has 9 heteroatoms. The maximum absolute atomic E-state index is 12.8. The summed E-state index contributed by atoms with van der Waals surface area (Å²) in [4.78, 5) is 27.0. The summed E-state index contributed by atoms with van der Waals surface area (Å²) in [6, 6.07) is 9.29. The largest absolute Gasteiger partial charge is 0.296 e. The van der Waals surface area contributed by atoms with E-state index in [9.17, 15) is 4.79 Å². The second-order valence-corrected chi connectivity index (χ2v) is 7.04. The standard InChI is InChI=1S/C19H17N7OS/c1-2-6-16-17(14-8-3-4-10-21-14)23-19(28-16)24-18(27)15-12-22-25-26(15)13-7-5-9-20-11-13/h3-5,7-12H,2,6H2,1H3,(H,23,24,27). The van der Waals surface area contributed by atoms with Crippen LogP contribution in [0.15, 0.2) is 55.1 Å². The molecular weight excluding hydrogens is 374 g/mol. The van der Waals surface area contributed by atoms with E-state index in [4.69, 9.17) is 0 Å². The molecular formula is C19H17N7OS. The molecule has 0 spiro atoms. The zero-order chi connectivity index (χ0) is 19.3. The molecule has 4 rings (SSSR count). The first kappa shape index (κ1) is 17.9. The number of hydrogen-bond donors (Lipinski definition) is 1. The summed E-state index contributed by atoms with van der Waals surface area (Å²) in [5.74, 6) is -0.335. The number of amides is 1. The minimum atomic E-state index is -0.335. The fourth-order valence-electron chi connectivity index (χ4n) is 2.73. The third kappa shape index (κ3) is 3.65. The van der Waals surface area contributed by atoms with Crippen LogP contribution in [0.3, 0.4) is 0 Å². The average molecular weight is 391 g/mol. The zero-order valence-electron chi connectivity index (χ0n) is 15.1. The highest BCUT2D eigenvalue weighted by molar-refractivity contribution is 7.16. The first-order chi connectivity index (χ1) is 13.8. The molecule has 4 aromatic heterocycles. The maximum atomic E-state index is 12.8. The number of anilines is 1. The van der Waals surface area contributed by atoms with Crippen LogP contribution in [-0.2, 0) is 6.42 Å². The highest BCUT2D eigenvalue weighted by Crippen LogP contribution is 2.31. The van der Waals surface area contributed by atoms with Crippen LogP contribution in [0.4, 0.5) is 5.13 Å². The van der Waals surface area contributed by atoms with Gasteiger partial charge in [0.15, 0.2) is 10.8 Å². The summed E-state index contributed by atoms with van der Waals surface area (Å²) in [5, 5.41) is 11.2. The SMILES string of the molecule is CCCc1sc(NC(=O)c2cnnn2-c2cccnc2)nc1-c1ccccn1. The summed E-state index contributed by atoms with van der Waals surface area (Å²) < 4.78 is 1.45. The number of carbonyl (C=O) groups is 1. The lowest BCUT2D eigenvalue weighted by atomic mass is 10.2. The van der Waals surface area contributed by atoms with Crippen molar-refractivity contribution in [1.82, 2.24) is 29.9 Å². The van der Waals surface area contributed by atoms with Crippen LogP contribution in [0.2, 0.25) is 0 Å². The molecule has 140 valence electrons. The number of nitrogens with zero attached hydrogens (tertiary/aromatic N) is 6. The molecule has 0 atom stereocenters. The molecule has 0 aliphatic rings. The van der Waals surface area contributed by atoms with Gasteiger partial charge in [0.1, 0.15) is 5.69 Å². The number of thiazole rings is 1. The lowest BCUT2D eigenvalue weighted by Gasteiger charge is -2.04. The van der Waals surface area contributed by atoms with Crippen LogP contribution in [0.25, 0.3) is 17.1 Å². The third-order valence-electron chi connectivity index (χ3n) is 3.97. The fraction of sp³-hybridized carbons (Fsp3) is 0.158. The van der Waals surface area contributed by atoms with Crippen molar-refractivity contribution in [2.24, 2.45) is 0 Å². The molecule has 0 aliphatic heterocycles. The molecule has 1 N–H and O–H groups in total. The van der Waals surface area contributed by atoms with Crippen molar-refractivity contribution in [2.45, 2.75) is 19.8 Å². The van der Waals surface area contributed by atoms with Crippen molar-refractivity contribution in [3.8, 4) is 17.1 Å². The number of nitrogens with one attached hydrogen (secondary N) is 1. The molecule has 0 fully saturated rings. The third-order valence-corrected chi connectivity index (χ3v) is 5.01. The van der Waals surface area contributed by atoms with Crippen LogP contribution in [0.1, 0.15) is 28.7 Å². The van der Waals surface area contributed by atoms with Crippen LogP contribution < -0.4 is 5.32 Å². The normalized spacial score (nSPS) is 10.8. The summed E-state index contributed by atoms with van der Waals surface area (Å²) >= 11 is 1.46. The summed E-state index contributed by atoms with van der Waals surface area (Å²) in [5.41, 5.74) is 2.57. The van der Waals surface area contributed by atoms with Gasteiger partial charge in [-0.1, -0.05) is 24.6 Å². The lowest BCUT2D eigenvalue weighted by molar-refractivity contribution is 0.101. The van der Waals surface area contributed by atoms with Crippen LogP contribution >= 0.6 is 11.3 Å². The van der Waals surface area contributed by atoms with Crippen molar-refractivity contribution in [2.75, 3.05) is 5.32 Å². The Balaban J connectivity index is 1.62. The van der Waals surface area contributed by atoms with E-state index in [0.717, 1.165) is 29.1 Å². The molecule has 28 heavy (non-hydrogen) atoms. The van der Waals surface area contributed by atoms with Gasteiger partial charge in [-0.3, -0.25) is 20.1 Å². The van der Waals surface area contributed by atoms with E-state index in [2.05, 4.69) is 37.5 Å². The molecule has 0 saturated carbocycles. The average Bonchev–Trinajstić information content (AvgIpc) is 3.37. The Morgan fingerprint density at radius 1 is 1.18 bits per heavy atom. The predicted octanol–water partition coefficient (Wildman–Crippen LogP) is 3.39. The Morgan fingerprint density at radius 2 is 2.11 bits per heavy atom. The van der Waals surface area contributed by atoms with Gasteiger partial charge in [0.25, 0.3) is 5.91 Å². The molecule has 0 bridgehead atoms. The Hall–Kier alpha value is -3.46. The Morgan fingerprint density at radius 3 is 2.86 bits per heavy atom. The molecule has 8 nitrogen and oxygen atoms in total. The number of rotatable bonds is 6. The van der Waals surface area contributed by atoms with Crippen molar-refractivity contribution < 1.29 is 4.79 Å². The van der Waals surface area contributed by atoms with Crippen LogP contribution in [-0.4, -0.2) is 35.9 Å². The van der Waals surface area contributed by atoms with Crippen LogP contribution in [0, 0.1) is 0 Å². The first-order valence-corrected chi connectivity index (χ1v) is 9.61. The van der Waals surface area contributed by atoms with E-state index < -0.39 is 0 Å². The van der Waals surface area contributed by atoms with E-state index in [1.54, 1.807) is 30.7 Å². The van der Waals surface area contributed by atoms with E-state index in [-0.39, 0.29) is 5.91 Å². The minimum absolute atomic E-state index is 0.305. The molecule has 0 aromatic carbocycles. The van der Waals surface area contributed by atoms with Gasteiger partial charge in [-0.15, -0.1) is 16.4 Å². The summed E-state index contributed by atoms with van der Waals surface area (Å²) in [7, 11) is 0. The molecule has 1 amide bonds. The number of aromatic nitrogens is 6. The van der Waals surface area contributed by atoms with Gasteiger partial charge in [-0.05, 0) is 30.7 Å². The fourth-order valence-corrected chi connectivity index (χ4v) is 3.79. The van der Waals surface area contributed by atoms with E-state index >= 15 is 0 Å². The molecule has 4 aromatic rings. The van der Waals surface area contributed by atoms with Crippen molar-refractivity contribution in [3.63, 3.8) is 0 Å². The molecule has 0 saturated heterocycles. The first-order valence-electron chi connectivity index (χ1n) is 8.80. The Kier molecular flexibility index (Phi) is 5.16. The number of carbonyl (C=O) groups excluding carboxylic acids is 1. The highest BCUT2D eigenvalue weighted by atomic mass is 32.1. The number of aryl methyl sites for hydroxylation is 1. The smallest absolute Gasteiger partial charge is 0.277 e. The summed E-state index contributed by atoms with van der Waals surface area (Å²) in [6.07, 6.45) is 8.28. The van der Waals surface area contributed by atoms with Gasteiger partial charge in [0.05, 0.1) is 23.8 Å². The van der Waals surface area contributed by atoms with E-state index in [0.29, 0.717) is 16.5 Å². The molecule has 0 unspecified atom stereocenters. The van der Waals surface area contributed by atoms with Crippen molar-refractivity contribution >= 4 is 22.4 Å². The van der Waals surface area contributed by atoms with E-state index in [1.165, 1.54) is 22.2 Å². The van der Waals surface area contributed by atoms with Gasteiger partial charge in [-0.25, -0.2) is 9.67 Å². The monoisotopic (exact) mass is 391 g/mol. The summed E-state index contributed by atoms with van der Waals surface area (Å²) in [6.45, 7) is 2.11. The van der Waals surface area contributed by atoms with Gasteiger partial charge in [0, 0.05) is 17.3 Å². The van der Waals surface area contributed by atoms with Gasteiger partial charge < -0.3 is 0 Å². The predicted molar refractivity (Wildman–Crippen MR) is 106 cm³/mol. The molecule has 4 heterocycles. The van der Waals surface area contributed by atoms with Gasteiger partial charge >= 0.3 is 0 Å². The Bertz CT molecular complexity index is 1080. The zero-order valence-corrected chi connectivity index (χ0v) is 15.9. The van der Waals surface area contributed by atoms with E-state index in [1.807, 2.05) is 18.2 Å². The van der Waals surface area contributed by atoms with Crippen molar-refractivity contribution in [3.05, 3.63) is 65.7 Å². The maximum Gasteiger partial charge on any atom is 0.277 e. The molecule has 0 radical (unpaired) electrons. The van der Waals surface area contributed by atoms with Crippen molar-refractivity contribution in [1.29, 1.82) is 0 Å². The highest BCUT2D eigenvalue weighted by Gasteiger charge is 2.19. The second kappa shape index (κ2) is 8.05. The molecule has 0 aliphatic carbocycles. The minimum Gasteiger partial charge on any atom is -0.296 e. The van der Waals surface area contributed by atoms with Gasteiger partial charge in [0.2, 0.25) is 0 Å². The lowest BCUT2D eigenvalue weighted by Crippen LogP contribution is -2.17. The van der Waals surface area contributed by atoms with Gasteiger partial charge in [-0.2, -0.15) is 0 Å². The quantitative estimate of drug-likeness (QED) is 0.541. The number of hydrogen-bond acceptors (Lipinski definition) is 7. The van der Waals surface area contributed by atoms with Crippen LogP contribution in [0.5, 0.6) is 0 Å². The Labute approximate surface area is 165 Å².